The average molecular weight is 450 g/mol. The Bertz CT molecular complexity index is 1220. The molecule has 2 N–H and O–H groups in total. The number of alkyl halides is 3. The van der Waals surface area contributed by atoms with Gasteiger partial charge < -0.3 is 14.8 Å². The molecular weight excluding hydrogens is 428 g/mol. The van der Waals surface area contributed by atoms with E-state index in [9.17, 15) is 27.5 Å². The Morgan fingerprint density at radius 2 is 1.84 bits per heavy atom. The van der Waals surface area contributed by atoms with Gasteiger partial charge in [0.25, 0.3) is 0 Å². The van der Waals surface area contributed by atoms with Gasteiger partial charge in [0.2, 0.25) is 5.56 Å². The summed E-state index contributed by atoms with van der Waals surface area (Å²) in [6.45, 7) is 3.01. The molecule has 0 saturated carbocycles. The number of H-pyrrole nitrogens is 1. The number of hydrogen-bond acceptors (Lipinski definition) is 4. The van der Waals surface area contributed by atoms with Crippen LogP contribution in [0.25, 0.3) is 10.9 Å². The third-order valence-electron chi connectivity index (χ3n) is 5.29. The van der Waals surface area contributed by atoms with Crippen molar-refractivity contribution < 1.29 is 27.4 Å². The topological polar surface area (TPSA) is 74.7 Å². The molecule has 1 atom stereocenters. The Morgan fingerprint density at radius 1 is 1.12 bits per heavy atom. The van der Waals surface area contributed by atoms with Crippen LogP contribution in [-0.4, -0.2) is 35.2 Å². The summed E-state index contributed by atoms with van der Waals surface area (Å²) in [5.74, 6) is -0.752. The molecule has 170 valence electrons. The molecule has 0 aliphatic rings. The fraction of sp³-hybridized carbons (Fsp3) is 0.304. The largest absolute Gasteiger partial charge is 0.494 e. The lowest BCUT2D eigenvalue weighted by Crippen LogP contribution is -2.50. The maximum absolute atomic E-state index is 14.0. The van der Waals surface area contributed by atoms with Gasteiger partial charge in [0.15, 0.2) is 17.2 Å². The minimum Gasteiger partial charge on any atom is -0.494 e. The van der Waals surface area contributed by atoms with Crippen molar-refractivity contribution in [2.75, 3.05) is 7.11 Å². The van der Waals surface area contributed by atoms with E-state index in [2.05, 4.69) is 9.98 Å². The number of benzene rings is 2. The fourth-order valence-corrected chi connectivity index (χ4v) is 3.54. The number of aliphatic hydroxyl groups is 1. The number of aromatic nitrogens is 1. The summed E-state index contributed by atoms with van der Waals surface area (Å²) in [6, 6.07) is 11.1. The minimum absolute atomic E-state index is 0.107. The zero-order chi connectivity index (χ0) is 23.7. The Kier molecular flexibility index (Phi) is 6.15. The second kappa shape index (κ2) is 8.38. The van der Waals surface area contributed by atoms with Crippen LogP contribution in [0.2, 0.25) is 0 Å². The van der Waals surface area contributed by atoms with Crippen molar-refractivity contribution in [2.24, 2.45) is 4.99 Å². The van der Waals surface area contributed by atoms with Crippen molar-refractivity contribution in [3.8, 4) is 5.75 Å². The molecule has 1 heterocycles. The van der Waals surface area contributed by atoms with Crippen molar-refractivity contribution in [1.29, 1.82) is 0 Å². The smallest absolute Gasteiger partial charge is 0.422 e. The number of fused-ring (bicyclic) bond motifs is 1. The summed E-state index contributed by atoms with van der Waals surface area (Å²) in [6.07, 6.45) is -5.34. The quantitative estimate of drug-likeness (QED) is 0.408. The van der Waals surface area contributed by atoms with Crippen LogP contribution in [0.15, 0.2) is 58.3 Å². The molecule has 0 radical (unpaired) electrons. The van der Waals surface area contributed by atoms with Gasteiger partial charge in [0, 0.05) is 17.7 Å². The third-order valence-corrected chi connectivity index (χ3v) is 5.29. The molecule has 32 heavy (non-hydrogen) atoms. The van der Waals surface area contributed by atoms with Crippen LogP contribution in [-0.2, 0) is 5.41 Å². The molecule has 3 rings (SSSR count). The lowest BCUT2D eigenvalue weighted by Gasteiger charge is -2.35. The van der Waals surface area contributed by atoms with E-state index in [0.29, 0.717) is 22.7 Å². The predicted octanol–water partition coefficient (Wildman–Crippen LogP) is 5.04. The van der Waals surface area contributed by atoms with E-state index in [1.165, 1.54) is 57.4 Å². The van der Waals surface area contributed by atoms with Crippen molar-refractivity contribution in [3.05, 3.63) is 70.3 Å². The van der Waals surface area contributed by atoms with Gasteiger partial charge >= 0.3 is 6.18 Å². The summed E-state index contributed by atoms with van der Waals surface area (Å²) >= 11 is 0. The third kappa shape index (κ3) is 4.67. The summed E-state index contributed by atoms with van der Waals surface area (Å²) in [5.41, 5.74) is -3.94. The van der Waals surface area contributed by atoms with E-state index in [1.807, 2.05) is 0 Å². The molecule has 5 nitrogen and oxygen atoms in total. The summed E-state index contributed by atoms with van der Waals surface area (Å²) < 4.78 is 60.5. The van der Waals surface area contributed by atoms with Gasteiger partial charge in [-0.25, -0.2) is 4.39 Å². The summed E-state index contributed by atoms with van der Waals surface area (Å²) in [5, 5.41) is 11.1. The van der Waals surface area contributed by atoms with E-state index in [0.717, 1.165) is 6.07 Å². The number of nitrogens with one attached hydrogen (secondary N) is 1. The number of halogens is 4. The SMILES string of the molecule is COc1cc(C(C)(C)CC(O)(C=Nc2cccc3[nH]c(=O)ccc23)C(F)(F)F)ccc1F. The Balaban J connectivity index is 2.01. The van der Waals surface area contributed by atoms with Gasteiger partial charge in [-0.15, -0.1) is 0 Å². The van der Waals surface area contributed by atoms with Crippen molar-refractivity contribution >= 4 is 22.8 Å². The van der Waals surface area contributed by atoms with Gasteiger partial charge in [-0.05, 0) is 47.7 Å². The summed E-state index contributed by atoms with van der Waals surface area (Å²) in [4.78, 5) is 18.0. The molecular formula is C23H22F4N2O3. The molecule has 0 amide bonds. The number of methoxy groups -OCH3 is 1. The number of nitrogens with zero attached hydrogens (tertiary/aromatic N) is 1. The number of aliphatic imine (C=N–C) groups is 1. The van der Waals surface area contributed by atoms with Crippen molar-refractivity contribution in [1.82, 2.24) is 4.98 Å². The second-order valence-electron chi connectivity index (χ2n) is 8.15. The number of pyridine rings is 1. The first-order valence-corrected chi connectivity index (χ1v) is 9.67. The minimum atomic E-state index is -5.03. The Morgan fingerprint density at radius 3 is 2.50 bits per heavy atom. The molecule has 0 saturated heterocycles. The van der Waals surface area contributed by atoms with Crippen LogP contribution in [0, 0.1) is 5.82 Å². The molecule has 0 aliphatic carbocycles. The van der Waals surface area contributed by atoms with Crippen molar-refractivity contribution in [3.63, 3.8) is 0 Å². The maximum Gasteiger partial charge on any atom is 0.422 e. The van der Waals surface area contributed by atoms with Crippen LogP contribution in [0.1, 0.15) is 25.8 Å². The van der Waals surface area contributed by atoms with Crippen LogP contribution in [0.3, 0.4) is 0 Å². The molecule has 1 aromatic heterocycles. The van der Waals surface area contributed by atoms with E-state index in [1.54, 1.807) is 6.07 Å². The zero-order valence-corrected chi connectivity index (χ0v) is 17.6. The highest BCUT2D eigenvalue weighted by molar-refractivity contribution is 5.91. The first-order chi connectivity index (χ1) is 14.9. The monoisotopic (exact) mass is 450 g/mol. The zero-order valence-electron chi connectivity index (χ0n) is 17.6. The molecule has 1 unspecified atom stereocenters. The fourth-order valence-electron chi connectivity index (χ4n) is 3.54. The number of ether oxygens (including phenoxy) is 1. The lowest BCUT2D eigenvalue weighted by atomic mass is 9.75. The number of hydrogen-bond donors (Lipinski definition) is 2. The maximum atomic E-state index is 14.0. The lowest BCUT2D eigenvalue weighted by molar-refractivity contribution is -0.234. The van der Waals surface area contributed by atoms with Gasteiger partial charge in [0.1, 0.15) is 0 Å². The number of rotatable bonds is 6. The standard InChI is InChI=1S/C23H22F4N2O3/c1-21(2,14-7-9-16(24)19(11-14)32-3)12-22(31,23(25,26)27)13-28-17-5-4-6-18-15(17)8-10-20(30)29-18/h4-11,13,31H,12H2,1-3H3,(H,29,30). The summed E-state index contributed by atoms with van der Waals surface area (Å²) in [7, 11) is 1.26. The van der Waals surface area contributed by atoms with Crippen molar-refractivity contribution in [2.45, 2.75) is 37.5 Å². The first kappa shape index (κ1) is 23.5. The molecule has 9 heteroatoms. The first-order valence-electron chi connectivity index (χ1n) is 9.67. The molecule has 3 aromatic rings. The molecule has 2 aromatic carbocycles. The van der Waals surface area contributed by atoms with Gasteiger partial charge in [-0.3, -0.25) is 9.79 Å². The highest BCUT2D eigenvalue weighted by Crippen LogP contribution is 2.41. The van der Waals surface area contributed by atoms with E-state index in [4.69, 9.17) is 4.74 Å². The highest BCUT2D eigenvalue weighted by atomic mass is 19.4. The van der Waals surface area contributed by atoms with Crippen LogP contribution < -0.4 is 10.3 Å². The Labute approximate surface area is 181 Å². The van der Waals surface area contributed by atoms with Gasteiger partial charge in [0.05, 0.1) is 18.3 Å². The van der Waals surface area contributed by atoms with Gasteiger partial charge in [-0.2, -0.15) is 13.2 Å². The predicted molar refractivity (Wildman–Crippen MR) is 114 cm³/mol. The second-order valence-corrected chi connectivity index (χ2v) is 8.15. The van der Waals surface area contributed by atoms with E-state index in [-0.39, 0.29) is 17.0 Å². The molecule has 0 bridgehead atoms. The normalized spacial score (nSPS) is 14.6. The van der Waals surface area contributed by atoms with Crippen LogP contribution in [0.5, 0.6) is 5.75 Å². The highest BCUT2D eigenvalue weighted by Gasteiger charge is 2.55. The van der Waals surface area contributed by atoms with Crippen LogP contribution >= 0.6 is 0 Å². The molecule has 0 aliphatic heterocycles. The molecule has 0 fully saturated rings. The average Bonchev–Trinajstić information content (AvgIpc) is 2.71. The molecule has 0 spiro atoms. The Hall–Kier alpha value is -3.20. The van der Waals surface area contributed by atoms with Crippen LogP contribution in [0.4, 0.5) is 23.2 Å². The van der Waals surface area contributed by atoms with Gasteiger partial charge in [-0.1, -0.05) is 26.0 Å². The van der Waals surface area contributed by atoms with E-state index >= 15 is 0 Å². The number of aromatic amines is 1. The van der Waals surface area contributed by atoms with E-state index < -0.39 is 29.4 Å².